The molecule has 4 saturated carbocycles. The highest BCUT2D eigenvalue weighted by molar-refractivity contribution is 5.81. The van der Waals surface area contributed by atoms with Gasteiger partial charge in [-0.25, -0.2) is 4.79 Å². The van der Waals surface area contributed by atoms with Crippen LogP contribution in [0, 0.1) is 34.5 Å². The highest BCUT2D eigenvalue weighted by Gasteiger charge is 2.66. The van der Waals surface area contributed by atoms with Crippen molar-refractivity contribution < 1.29 is 19.7 Å². The second kappa shape index (κ2) is 6.59. The summed E-state index contributed by atoms with van der Waals surface area (Å²) in [5, 5.41) is 22.2. The van der Waals surface area contributed by atoms with Gasteiger partial charge in [0, 0.05) is 11.5 Å². The van der Waals surface area contributed by atoms with Crippen LogP contribution in [-0.4, -0.2) is 35.0 Å². The molecule has 8 atom stereocenters. The fourth-order valence-electron chi connectivity index (χ4n) is 7.82. The van der Waals surface area contributed by atoms with Crippen molar-refractivity contribution in [3.63, 3.8) is 0 Å². The Hall–Kier alpha value is -0.870. The van der Waals surface area contributed by atoms with Gasteiger partial charge in [-0.15, -0.1) is 0 Å². The highest BCUT2D eigenvalue weighted by atomic mass is 16.5. The van der Waals surface area contributed by atoms with Crippen LogP contribution in [-0.2, 0) is 9.53 Å². The largest absolute Gasteiger partial charge is 0.466 e. The zero-order chi connectivity index (χ0) is 19.4. The van der Waals surface area contributed by atoms with E-state index in [0.29, 0.717) is 17.8 Å². The quantitative estimate of drug-likeness (QED) is 0.567. The molecule has 2 N–H and O–H groups in total. The molecule has 0 saturated heterocycles. The van der Waals surface area contributed by atoms with Crippen LogP contribution in [0.15, 0.2) is 12.2 Å². The standard InChI is InChI=1S/C23H36O4/c1-21-11-9-17(24)14-16(21)4-6-19-18(21)10-12-22(2)15(5-7-20(25)27-3)8-13-23(19,22)26/h5,7,15-19,24,26H,4,6,8-14H2,1-3H3/b7-5+/t15-,16?,17-,18-,19+,21-,22+,23-/m0/s1. The Labute approximate surface area is 163 Å². The lowest BCUT2D eigenvalue weighted by Gasteiger charge is -2.63. The number of rotatable bonds is 2. The molecular formula is C23H36O4. The van der Waals surface area contributed by atoms with Gasteiger partial charge in [0.05, 0.1) is 18.8 Å². The van der Waals surface area contributed by atoms with E-state index in [1.54, 1.807) is 6.08 Å². The van der Waals surface area contributed by atoms with Gasteiger partial charge < -0.3 is 14.9 Å². The van der Waals surface area contributed by atoms with E-state index >= 15 is 0 Å². The molecule has 4 aliphatic carbocycles. The lowest BCUT2D eigenvalue weighted by molar-refractivity contribution is -0.207. The summed E-state index contributed by atoms with van der Waals surface area (Å²) in [5.74, 6) is 1.44. The average Bonchev–Trinajstić information content (AvgIpc) is 2.91. The van der Waals surface area contributed by atoms with E-state index in [1.807, 2.05) is 6.08 Å². The summed E-state index contributed by atoms with van der Waals surface area (Å²) in [6, 6.07) is 0. The van der Waals surface area contributed by atoms with Gasteiger partial charge in [-0.1, -0.05) is 19.9 Å². The number of carbonyl (C=O) groups excluding carboxylic acids is 1. The number of allylic oxidation sites excluding steroid dienone is 1. The Bertz CT molecular complexity index is 630. The summed E-state index contributed by atoms with van der Waals surface area (Å²) in [7, 11) is 1.41. The number of methoxy groups -OCH3 is 1. The Kier molecular flexibility index (Phi) is 4.74. The van der Waals surface area contributed by atoms with E-state index in [4.69, 9.17) is 4.74 Å². The Morgan fingerprint density at radius 2 is 1.81 bits per heavy atom. The molecular weight excluding hydrogens is 340 g/mol. The van der Waals surface area contributed by atoms with Gasteiger partial charge in [0.25, 0.3) is 0 Å². The fraction of sp³-hybridized carbons (Fsp3) is 0.870. The average molecular weight is 377 g/mol. The first-order valence-corrected chi connectivity index (χ1v) is 10.9. The van der Waals surface area contributed by atoms with Gasteiger partial charge in [0.15, 0.2) is 0 Å². The third-order valence-electron chi connectivity index (χ3n) is 9.56. The van der Waals surface area contributed by atoms with Crippen molar-refractivity contribution in [2.24, 2.45) is 34.5 Å². The summed E-state index contributed by atoms with van der Waals surface area (Å²) >= 11 is 0. The Balaban J connectivity index is 1.60. The van der Waals surface area contributed by atoms with E-state index in [1.165, 1.54) is 7.11 Å². The van der Waals surface area contributed by atoms with E-state index in [0.717, 1.165) is 57.8 Å². The van der Waals surface area contributed by atoms with Crippen molar-refractivity contribution >= 4 is 5.97 Å². The minimum Gasteiger partial charge on any atom is -0.466 e. The van der Waals surface area contributed by atoms with Crippen molar-refractivity contribution in [1.82, 2.24) is 0 Å². The van der Waals surface area contributed by atoms with Crippen molar-refractivity contribution in [3.05, 3.63) is 12.2 Å². The maximum atomic E-state index is 12.0. The third kappa shape index (κ3) is 2.73. The molecule has 1 unspecified atom stereocenters. The molecule has 4 heteroatoms. The molecule has 27 heavy (non-hydrogen) atoms. The SMILES string of the molecule is COC(=O)/C=C/[C@H]1CC[C@]2(O)[C@@H]3CCC4C[C@@H](O)CC[C@]4(C)[C@H]3CC[C@]12C. The molecule has 0 bridgehead atoms. The molecule has 0 aromatic rings. The first-order valence-electron chi connectivity index (χ1n) is 10.9. The molecule has 4 nitrogen and oxygen atoms in total. The van der Waals surface area contributed by atoms with E-state index in [2.05, 4.69) is 13.8 Å². The number of ether oxygens (including phenoxy) is 1. The van der Waals surface area contributed by atoms with Gasteiger partial charge in [-0.3, -0.25) is 0 Å². The lowest BCUT2D eigenvalue weighted by atomic mass is 9.43. The van der Waals surface area contributed by atoms with Crippen LogP contribution < -0.4 is 0 Å². The number of esters is 1. The summed E-state index contributed by atoms with van der Waals surface area (Å²) in [6.45, 7) is 4.69. The topological polar surface area (TPSA) is 66.8 Å². The van der Waals surface area contributed by atoms with Crippen LogP contribution in [0.3, 0.4) is 0 Å². The second-order valence-electron chi connectivity index (χ2n) is 10.3. The molecule has 4 fully saturated rings. The molecule has 0 aromatic heterocycles. The Morgan fingerprint density at radius 1 is 1.04 bits per heavy atom. The zero-order valence-corrected chi connectivity index (χ0v) is 17.1. The predicted octanol–water partition coefficient (Wildman–Crippen LogP) is 3.85. The molecule has 0 heterocycles. The van der Waals surface area contributed by atoms with Crippen molar-refractivity contribution in [2.45, 2.75) is 83.3 Å². The molecule has 0 amide bonds. The number of aliphatic hydroxyl groups excluding tert-OH is 1. The molecule has 4 aliphatic rings. The highest BCUT2D eigenvalue weighted by Crippen LogP contribution is 2.69. The smallest absolute Gasteiger partial charge is 0.330 e. The summed E-state index contributed by atoms with van der Waals surface area (Å²) < 4.78 is 4.76. The van der Waals surface area contributed by atoms with E-state index in [9.17, 15) is 15.0 Å². The maximum absolute atomic E-state index is 12.0. The Morgan fingerprint density at radius 3 is 2.56 bits per heavy atom. The monoisotopic (exact) mass is 376 g/mol. The first-order chi connectivity index (χ1) is 12.7. The van der Waals surface area contributed by atoms with Crippen LogP contribution in [0.1, 0.15) is 71.6 Å². The van der Waals surface area contributed by atoms with Gasteiger partial charge in [0.2, 0.25) is 0 Å². The van der Waals surface area contributed by atoms with Gasteiger partial charge in [-0.2, -0.15) is 0 Å². The van der Waals surface area contributed by atoms with Crippen LogP contribution in [0.4, 0.5) is 0 Å². The molecule has 0 aliphatic heterocycles. The maximum Gasteiger partial charge on any atom is 0.330 e. The van der Waals surface area contributed by atoms with Crippen LogP contribution >= 0.6 is 0 Å². The number of carbonyl (C=O) groups is 1. The van der Waals surface area contributed by atoms with Crippen molar-refractivity contribution in [3.8, 4) is 0 Å². The number of aliphatic hydroxyl groups is 2. The summed E-state index contributed by atoms with van der Waals surface area (Å²) in [4.78, 5) is 11.6. The normalized spacial score (nSPS) is 52.1. The van der Waals surface area contributed by atoms with Crippen molar-refractivity contribution in [1.29, 1.82) is 0 Å². The molecule has 152 valence electrons. The number of hydrogen-bond acceptors (Lipinski definition) is 4. The van der Waals surface area contributed by atoms with Gasteiger partial charge in [0.1, 0.15) is 0 Å². The number of hydrogen-bond donors (Lipinski definition) is 2. The minimum absolute atomic E-state index is 0.129. The van der Waals surface area contributed by atoms with Crippen LogP contribution in [0.2, 0.25) is 0 Å². The summed E-state index contributed by atoms with van der Waals surface area (Å²) in [6.07, 6.45) is 12.6. The second-order valence-corrected chi connectivity index (χ2v) is 10.3. The minimum atomic E-state index is -0.634. The van der Waals surface area contributed by atoms with Crippen molar-refractivity contribution in [2.75, 3.05) is 7.11 Å². The fourth-order valence-corrected chi connectivity index (χ4v) is 7.82. The molecule has 4 rings (SSSR count). The van der Waals surface area contributed by atoms with Gasteiger partial charge in [-0.05, 0) is 86.9 Å². The zero-order valence-electron chi connectivity index (χ0n) is 17.1. The number of fused-ring (bicyclic) bond motifs is 5. The molecule has 0 aromatic carbocycles. The van der Waals surface area contributed by atoms with E-state index < -0.39 is 5.60 Å². The predicted molar refractivity (Wildman–Crippen MR) is 104 cm³/mol. The third-order valence-corrected chi connectivity index (χ3v) is 9.56. The molecule has 0 radical (unpaired) electrons. The van der Waals surface area contributed by atoms with Gasteiger partial charge >= 0.3 is 5.97 Å². The first kappa shape index (κ1) is 19.4. The summed E-state index contributed by atoms with van der Waals surface area (Å²) in [5.41, 5.74) is -0.527. The van der Waals surface area contributed by atoms with Crippen LogP contribution in [0.5, 0.6) is 0 Å². The lowest BCUT2D eigenvalue weighted by Crippen LogP contribution is -2.62. The van der Waals surface area contributed by atoms with E-state index in [-0.39, 0.29) is 28.8 Å². The van der Waals surface area contributed by atoms with Crippen LogP contribution in [0.25, 0.3) is 0 Å². The molecule has 0 spiro atoms.